The van der Waals surface area contributed by atoms with Gasteiger partial charge in [0.1, 0.15) is 22.9 Å². The zero-order chi connectivity index (χ0) is 23.6. The summed E-state index contributed by atoms with van der Waals surface area (Å²) in [5.74, 6) is -1.75. The van der Waals surface area contributed by atoms with Gasteiger partial charge in [-0.3, -0.25) is 9.48 Å². The van der Waals surface area contributed by atoms with Gasteiger partial charge in [0.2, 0.25) is 0 Å². The van der Waals surface area contributed by atoms with Gasteiger partial charge in [-0.2, -0.15) is 5.10 Å². The van der Waals surface area contributed by atoms with Crippen LogP contribution in [0.4, 0.5) is 23.2 Å². The second kappa shape index (κ2) is 9.02. The van der Waals surface area contributed by atoms with Crippen molar-refractivity contribution in [3.05, 3.63) is 59.3 Å². The number of sulfone groups is 1. The normalized spacial score (nSPS) is 12.0. The average Bonchev–Trinajstić information content (AvgIpc) is 3.37. The number of amides is 1. The van der Waals surface area contributed by atoms with E-state index in [4.69, 9.17) is 4.42 Å². The van der Waals surface area contributed by atoms with Crippen LogP contribution in [0.5, 0.6) is 5.75 Å². The van der Waals surface area contributed by atoms with Crippen LogP contribution < -0.4 is 5.32 Å². The van der Waals surface area contributed by atoms with E-state index in [1.807, 2.05) is 0 Å². The lowest BCUT2D eigenvalue weighted by molar-refractivity contribution is 0.0993. The topological polar surface area (TPSA) is 114 Å². The van der Waals surface area contributed by atoms with E-state index >= 15 is 0 Å². The predicted molar refractivity (Wildman–Crippen MR) is 104 cm³/mol. The highest BCUT2D eigenvalue weighted by Gasteiger charge is 2.23. The van der Waals surface area contributed by atoms with Gasteiger partial charge < -0.3 is 14.8 Å². The summed E-state index contributed by atoms with van der Waals surface area (Å²) in [4.78, 5) is 12.3. The van der Waals surface area contributed by atoms with Gasteiger partial charge in [-0.25, -0.2) is 26.0 Å². The molecule has 0 aliphatic carbocycles. The number of halogens is 4. The van der Waals surface area contributed by atoms with Crippen molar-refractivity contribution in [2.24, 2.45) is 0 Å². The Morgan fingerprint density at radius 1 is 1.16 bits per heavy atom. The standard InChI is InChI=1S/C19H17F4N3O5S/c1-2-32(29,30)11-4-5-15(27)12(7-11)24-19(28)16-6-3-10(31-16)9-26-14(18(22)23)8-13(25-26)17(20)21/h3-8,17-18,27H,2,9H2,1H3,(H,24,28). The van der Waals surface area contributed by atoms with Crippen LogP contribution >= 0.6 is 0 Å². The largest absolute Gasteiger partial charge is 0.506 e. The summed E-state index contributed by atoms with van der Waals surface area (Å²) >= 11 is 0. The molecule has 32 heavy (non-hydrogen) atoms. The number of benzene rings is 1. The van der Waals surface area contributed by atoms with Crippen LogP contribution in [0.15, 0.2) is 45.7 Å². The molecule has 0 aliphatic rings. The van der Waals surface area contributed by atoms with Crippen molar-refractivity contribution in [3.63, 3.8) is 0 Å². The number of rotatable bonds is 8. The lowest BCUT2D eigenvalue weighted by atomic mass is 10.3. The number of phenols is 1. The van der Waals surface area contributed by atoms with E-state index in [-0.39, 0.29) is 27.9 Å². The van der Waals surface area contributed by atoms with Crippen molar-refractivity contribution >= 4 is 21.4 Å². The Hall–Kier alpha value is -3.35. The zero-order valence-corrected chi connectivity index (χ0v) is 17.2. The van der Waals surface area contributed by atoms with E-state index in [0.29, 0.717) is 10.7 Å². The minimum Gasteiger partial charge on any atom is -0.506 e. The third-order valence-corrected chi connectivity index (χ3v) is 6.16. The second-order valence-electron chi connectivity index (χ2n) is 6.56. The van der Waals surface area contributed by atoms with E-state index in [9.17, 15) is 35.9 Å². The first-order valence-corrected chi connectivity index (χ1v) is 10.8. The number of phenolic OH excluding ortho intramolecular Hbond substituents is 1. The summed E-state index contributed by atoms with van der Waals surface area (Å²) in [6.07, 6.45) is -6.09. The van der Waals surface area contributed by atoms with Gasteiger partial charge in [-0.15, -0.1) is 0 Å². The van der Waals surface area contributed by atoms with Crippen LogP contribution in [-0.4, -0.2) is 35.0 Å². The van der Waals surface area contributed by atoms with E-state index in [1.54, 1.807) is 0 Å². The number of carbonyl (C=O) groups is 1. The molecule has 1 aromatic carbocycles. The maximum atomic E-state index is 13.1. The van der Waals surface area contributed by atoms with E-state index < -0.39 is 52.3 Å². The summed E-state index contributed by atoms with van der Waals surface area (Å²) < 4.78 is 81.7. The third kappa shape index (κ3) is 4.93. The Kier molecular flexibility index (Phi) is 6.57. The number of aromatic nitrogens is 2. The molecule has 2 heterocycles. The summed E-state index contributed by atoms with van der Waals surface area (Å²) in [5, 5.41) is 15.7. The predicted octanol–water partition coefficient (Wildman–Crippen LogP) is 4.15. The van der Waals surface area contributed by atoms with E-state index in [2.05, 4.69) is 10.4 Å². The van der Waals surface area contributed by atoms with Crippen molar-refractivity contribution in [1.82, 2.24) is 9.78 Å². The Morgan fingerprint density at radius 2 is 1.88 bits per heavy atom. The van der Waals surface area contributed by atoms with Crippen LogP contribution in [-0.2, 0) is 16.4 Å². The van der Waals surface area contributed by atoms with Gasteiger partial charge in [-0.1, -0.05) is 6.92 Å². The number of nitrogens with zero attached hydrogens (tertiary/aromatic N) is 2. The average molecular weight is 475 g/mol. The fourth-order valence-corrected chi connectivity index (χ4v) is 3.66. The highest BCUT2D eigenvalue weighted by Crippen LogP contribution is 2.28. The van der Waals surface area contributed by atoms with Crippen LogP contribution in [0.25, 0.3) is 0 Å². The van der Waals surface area contributed by atoms with E-state index in [0.717, 1.165) is 12.1 Å². The van der Waals surface area contributed by atoms with Crippen LogP contribution in [0.1, 0.15) is 47.5 Å². The van der Waals surface area contributed by atoms with Gasteiger partial charge >= 0.3 is 0 Å². The molecule has 0 radical (unpaired) electrons. The first-order chi connectivity index (χ1) is 15.0. The van der Waals surface area contributed by atoms with Crippen molar-refractivity contribution in [3.8, 4) is 5.75 Å². The molecular weight excluding hydrogens is 458 g/mol. The summed E-state index contributed by atoms with van der Waals surface area (Å²) in [6, 6.07) is 6.44. The second-order valence-corrected chi connectivity index (χ2v) is 8.83. The number of hydrogen-bond donors (Lipinski definition) is 2. The quantitative estimate of drug-likeness (QED) is 0.374. The Bertz CT molecular complexity index is 1240. The molecule has 3 aromatic rings. The first kappa shape index (κ1) is 23.3. The number of nitrogens with one attached hydrogen (secondary N) is 1. The first-order valence-electron chi connectivity index (χ1n) is 9.11. The molecule has 3 rings (SSSR count). The lowest BCUT2D eigenvalue weighted by Crippen LogP contribution is -2.12. The molecule has 0 fully saturated rings. The maximum absolute atomic E-state index is 13.1. The van der Waals surface area contributed by atoms with Crippen LogP contribution in [0, 0.1) is 0 Å². The molecule has 0 saturated carbocycles. The van der Waals surface area contributed by atoms with Crippen molar-refractivity contribution in [2.75, 3.05) is 11.1 Å². The van der Waals surface area contributed by atoms with Gasteiger partial charge in [0.25, 0.3) is 18.8 Å². The number of furan rings is 1. The molecule has 0 atom stereocenters. The zero-order valence-electron chi connectivity index (χ0n) is 16.4. The number of anilines is 1. The minimum absolute atomic E-state index is 0.0208. The number of carbonyl (C=O) groups excluding carboxylic acids is 1. The minimum atomic E-state index is -3.59. The van der Waals surface area contributed by atoms with Crippen LogP contribution in [0.2, 0.25) is 0 Å². The van der Waals surface area contributed by atoms with Gasteiger partial charge in [0.05, 0.1) is 22.9 Å². The fourth-order valence-electron chi connectivity index (χ4n) is 2.75. The number of aromatic hydroxyl groups is 1. The van der Waals surface area contributed by atoms with Gasteiger partial charge in [-0.05, 0) is 36.4 Å². The molecular formula is C19H17F4N3O5S. The fraction of sp³-hybridized carbons (Fsp3) is 0.263. The van der Waals surface area contributed by atoms with Gasteiger partial charge in [0, 0.05) is 0 Å². The lowest BCUT2D eigenvalue weighted by Gasteiger charge is -2.09. The Balaban J connectivity index is 1.80. The molecule has 1 amide bonds. The molecule has 0 spiro atoms. The number of hydrogen-bond acceptors (Lipinski definition) is 6. The van der Waals surface area contributed by atoms with Crippen molar-refractivity contribution in [2.45, 2.75) is 31.2 Å². The monoisotopic (exact) mass is 475 g/mol. The summed E-state index contributed by atoms with van der Waals surface area (Å²) in [6.45, 7) is 1.00. The molecule has 0 saturated heterocycles. The van der Waals surface area contributed by atoms with Crippen molar-refractivity contribution in [1.29, 1.82) is 0 Å². The smallest absolute Gasteiger partial charge is 0.291 e. The molecule has 8 nitrogen and oxygen atoms in total. The molecule has 2 aromatic heterocycles. The summed E-state index contributed by atoms with van der Waals surface area (Å²) in [5.41, 5.74) is -1.74. The molecule has 172 valence electrons. The highest BCUT2D eigenvalue weighted by atomic mass is 32.2. The molecule has 2 N–H and O–H groups in total. The van der Waals surface area contributed by atoms with E-state index in [1.165, 1.54) is 25.1 Å². The Morgan fingerprint density at radius 3 is 2.50 bits per heavy atom. The number of alkyl halides is 4. The highest BCUT2D eigenvalue weighted by molar-refractivity contribution is 7.91. The Labute approximate surface area is 179 Å². The molecule has 0 bridgehead atoms. The maximum Gasteiger partial charge on any atom is 0.291 e. The SMILES string of the molecule is CCS(=O)(=O)c1ccc(O)c(NC(=O)c2ccc(Cn3nc(C(F)F)cc3C(F)F)o2)c1. The molecule has 13 heteroatoms. The molecule has 0 unspecified atom stereocenters. The van der Waals surface area contributed by atoms with Crippen LogP contribution in [0.3, 0.4) is 0 Å². The van der Waals surface area contributed by atoms with Crippen molar-refractivity contribution < 1.29 is 40.3 Å². The van der Waals surface area contributed by atoms with Gasteiger partial charge in [0.15, 0.2) is 15.6 Å². The molecule has 0 aliphatic heterocycles. The summed E-state index contributed by atoms with van der Waals surface area (Å²) in [7, 11) is -3.59. The third-order valence-electron chi connectivity index (χ3n) is 4.42.